The molecule has 0 spiro atoms. The molecular formula is C18H29N5. The molecule has 23 heavy (non-hydrogen) atoms. The zero-order chi connectivity index (χ0) is 15.9. The molecule has 1 fully saturated rings. The normalized spacial score (nSPS) is 21.6. The summed E-state index contributed by atoms with van der Waals surface area (Å²) in [5.41, 5.74) is 1.23. The van der Waals surface area contributed by atoms with Crippen LogP contribution >= 0.6 is 0 Å². The molecule has 1 unspecified atom stereocenters. The lowest BCUT2D eigenvalue weighted by Crippen LogP contribution is -2.43. The van der Waals surface area contributed by atoms with Crippen molar-refractivity contribution < 1.29 is 0 Å². The van der Waals surface area contributed by atoms with Crippen LogP contribution in [0.1, 0.15) is 26.2 Å². The summed E-state index contributed by atoms with van der Waals surface area (Å²) in [4.78, 5) is 9.49. The van der Waals surface area contributed by atoms with Crippen LogP contribution in [0.2, 0.25) is 0 Å². The van der Waals surface area contributed by atoms with Crippen molar-refractivity contribution in [3.63, 3.8) is 0 Å². The minimum Gasteiger partial charge on any atom is -0.348 e. The predicted molar refractivity (Wildman–Crippen MR) is 97.0 cm³/mol. The lowest BCUT2D eigenvalue weighted by atomic mass is 10.1. The zero-order valence-corrected chi connectivity index (χ0v) is 14.2. The average molecular weight is 315 g/mol. The molecule has 0 aliphatic carbocycles. The van der Waals surface area contributed by atoms with Crippen LogP contribution < -0.4 is 15.5 Å². The van der Waals surface area contributed by atoms with Crippen LogP contribution in [0, 0.1) is 0 Å². The monoisotopic (exact) mass is 315 g/mol. The maximum Gasteiger partial charge on any atom is 0.151 e. The highest BCUT2D eigenvalue weighted by atomic mass is 15.3. The Hall–Kier alpha value is -1.59. The summed E-state index contributed by atoms with van der Waals surface area (Å²) in [6, 6.07) is 4.19. The van der Waals surface area contributed by atoms with Crippen LogP contribution in [0.4, 0.5) is 11.5 Å². The molecular weight excluding hydrogens is 286 g/mol. The second-order valence-electron chi connectivity index (χ2n) is 6.34. The molecule has 2 N–H and O–H groups in total. The minimum absolute atomic E-state index is 0.374. The van der Waals surface area contributed by atoms with Gasteiger partial charge in [0.2, 0.25) is 0 Å². The number of aromatic nitrogens is 1. The van der Waals surface area contributed by atoms with E-state index >= 15 is 0 Å². The van der Waals surface area contributed by atoms with Crippen molar-refractivity contribution in [2.24, 2.45) is 0 Å². The van der Waals surface area contributed by atoms with Gasteiger partial charge in [0, 0.05) is 38.9 Å². The summed E-state index contributed by atoms with van der Waals surface area (Å²) >= 11 is 0. The Balaban J connectivity index is 1.48. The first-order valence-corrected chi connectivity index (χ1v) is 8.91. The number of hydrogen-bond acceptors (Lipinski definition) is 5. The van der Waals surface area contributed by atoms with E-state index in [0.29, 0.717) is 6.17 Å². The van der Waals surface area contributed by atoms with Crippen molar-refractivity contribution in [3.05, 3.63) is 30.5 Å². The fraction of sp³-hybridized carbons (Fsp3) is 0.611. The van der Waals surface area contributed by atoms with Crippen molar-refractivity contribution in [1.82, 2.24) is 15.2 Å². The quantitative estimate of drug-likeness (QED) is 0.597. The highest BCUT2D eigenvalue weighted by Crippen LogP contribution is 2.33. The first kappa shape index (κ1) is 16.3. The third-order valence-corrected chi connectivity index (χ3v) is 4.72. The van der Waals surface area contributed by atoms with Gasteiger partial charge >= 0.3 is 0 Å². The molecule has 5 heteroatoms. The molecule has 1 aromatic rings. The third kappa shape index (κ3) is 4.24. The van der Waals surface area contributed by atoms with Crippen molar-refractivity contribution in [1.29, 1.82) is 0 Å². The summed E-state index contributed by atoms with van der Waals surface area (Å²) in [6.45, 7) is 8.94. The second kappa shape index (κ2) is 8.31. The molecule has 5 nitrogen and oxygen atoms in total. The van der Waals surface area contributed by atoms with Crippen molar-refractivity contribution >= 4 is 11.5 Å². The van der Waals surface area contributed by atoms with Crippen LogP contribution in [-0.2, 0) is 0 Å². The molecule has 0 amide bonds. The number of nitrogens with zero attached hydrogens (tertiary/aromatic N) is 3. The van der Waals surface area contributed by atoms with Crippen LogP contribution in [0.25, 0.3) is 0 Å². The minimum atomic E-state index is 0.374. The van der Waals surface area contributed by atoms with E-state index in [1.54, 1.807) is 0 Å². The Morgan fingerprint density at radius 3 is 3.00 bits per heavy atom. The number of hydrogen-bond donors (Lipinski definition) is 2. The molecule has 126 valence electrons. The van der Waals surface area contributed by atoms with Crippen LogP contribution in [0.5, 0.6) is 0 Å². The van der Waals surface area contributed by atoms with Gasteiger partial charge in [-0.05, 0) is 44.9 Å². The van der Waals surface area contributed by atoms with Crippen LogP contribution in [-0.4, -0.2) is 55.3 Å². The second-order valence-corrected chi connectivity index (χ2v) is 6.34. The Bertz CT molecular complexity index is 510. The lowest BCUT2D eigenvalue weighted by Gasteiger charge is -2.28. The van der Waals surface area contributed by atoms with E-state index in [4.69, 9.17) is 0 Å². The number of nitrogens with one attached hydrogen (secondary N) is 2. The first-order valence-electron chi connectivity index (χ1n) is 8.91. The standard InChI is InChI=1S/C18H29N5/c1-2-3-13-23-16-7-6-9-20-18(16)21-17(23)8-4-5-12-22-14-10-19-11-15-22/h2-3,6-7,9,17,19H,4-5,8,10-15H2,1H3,(H,20,21)/b3-2+. The Morgan fingerprint density at radius 1 is 1.30 bits per heavy atom. The molecule has 0 radical (unpaired) electrons. The van der Waals surface area contributed by atoms with E-state index in [1.165, 1.54) is 44.6 Å². The highest BCUT2D eigenvalue weighted by molar-refractivity contribution is 5.72. The summed E-state index contributed by atoms with van der Waals surface area (Å²) in [5.74, 6) is 1.03. The number of allylic oxidation sites excluding steroid dienone is 1. The summed E-state index contributed by atoms with van der Waals surface area (Å²) in [7, 11) is 0. The lowest BCUT2D eigenvalue weighted by molar-refractivity contribution is 0.235. The molecule has 3 heterocycles. The van der Waals surface area contributed by atoms with Gasteiger partial charge in [0.1, 0.15) is 6.17 Å². The van der Waals surface area contributed by atoms with Gasteiger partial charge in [0.25, 0.3) is 0 Å². The van der Waals surface area contributed by atoms with E-state index in [9.17, 15) is 0 Å². The molecule has 0 bridgehead atoms. The maximum absolute atomic E-state index is 4.48. The van der Waals surface area contributed by atoms with Gasteiger partial charge in [0.15, 0.2) is 5.82 Å². The molecule has 3 rings (SSSR count). The molecule has 1 saturated heterocycles. The number of rotatable bonds is 7. The van der Waals surface area contributed by atoms with Gasteiger partial charge in [-0.3, -0.25) is 0 Å². The fourth-order valence-corrected chi connectivity index (χ4v) is 3.42. The van der Waals surface area contributed by atoms with Crippen molar-refractivity contribution in [2.75, 3.05) is 49.5 Å². The van der Waals surface area contributed by atoms with E-state index in [0.717, 1.165) is 25.5 Å². The predicted octanol–water partition coefficient (Wildman–Crippen LogP) is 2.29. The smallest absolute Gasteiger partial charge is 0.151 e. The largest absolute Gasteiger partial charge is 0.348 e. The number of unbranched alkanes of at least 4 members (excludes halogenated alkanes) is 1. The van der Waals surface area contributed by atoms with Crippen molar-refractivity contribution in [3.8, 4) is 0 Å². The first-order chi connectivity index (χ1) is 11.4. The number of anilines is 2. The summed E-state index contributed by atoms with van der Waals surface area (Å²) in [6.07, 6.45) is 10.3. The molecule has 1 aromatic heterocycles. The number of fused-ring (bicyclic) bond motifs is 1. The van der Waals surface area contributed by atoms with E-state index in [1.807, 2.05) is 12.3 Å². The average Bonchev–Trinajstić information content (AvgIpc) is 2.95. The third-order valence-electron chi connectivity index (χ3n) is 4.72. The summed E-state index contributed by atoms with van der Waals surface area (Å²) < 4.78 is 0. The number of piperazine rings is 1. The van der Waals surface area contributed by atoms with Gasteiger partial charge in [-0.2, -0.15) is 0 Å². The topological polar surface area (TPSA) is 43.4 Å². The van der Waals surface area contributed by atoms with Gasteiger partial charge in [-0.15, -0.1) is 0 Å². The van der Waals surface area contributed by atoms with Crippen molar-refractivity contribution in [2.45, 2.75) is 32.4 Å². The van der Waals surface area contributed by atoms with Gasteiger partial charge in [0.05, 0.1) is 5.69 Å². The molecule has 2 aliphatic rings. The van der Waals surface area contributed by atoms with Gasteiger partial charge in [-0.25, -0.2) is 4.98 Å². The molecule has 0 saturated carbocycles. The molecule has 0 aromatic carbocycles. The van der Waals surface area contributed by atoms with Gasteiger partial charge < -0.3 is 20.4 Å². The zero-order valence-electron chi connectivity index (χ0n) is 14.2. The summed E-state index contributed by atoms with van der Waals surface area (Å²) in [5, 5.41) is 7.00. The number of pyridine rings is 1. The Kier molecular flexibility index (Phi) is 5.88. The van der Waals surface area contributed by atoms with E-state index < -0.39 is 0 Å². The molecule has 1 atom stereocenters. The van der Waals surface area contributed by atoms with Gasteiger partial charge in [-0.1, -0.05) is 12.2 Å². The maximum atomic E-state index is 4.48. The van der Waals surface area contributed by atoms with E-state index in [-0.39, 0.29) is 0 Å². The SMILES string of the molecule is C/C=C/CN1c2cccnc2NC1CCCCN1CCNCC1. The Morgan fingerprint density at radius 2 is 2.17 bits per heavy atom. The fourth-order valence-electron chi connectivity index (χ4n) is 3.42. The highest BCUT2D eigenvalue weighted by Gasteiger charge is 2.27. The Labute approximate surface area is 139 Å². The van der Waals surface area contributed by atoms with E-state index in [2.05, 4.69) is 50.6 Å². The van der Waals surface area contributed by atoms with Crippen LogP contribution in [0.15, 0.2) is 30.5 Å². The molecule has 2 aliphatic heterocycles. The van der Waals surface area contributed by atoms with Crippen LogP contribution in [0.3, 0.4) is 0 Å².